The van der Waals surface area contributed by atoms with Gasteiger partial charge in [-0.1, -0.05) is 72.8 Å². The Kier molecular flexibility index (Phi) is 6.60. The Morgan fingerprint density at radius 2 is 1.41 bits per heavy atom. The van der Waals surface area contributed by atoms with Crippen LogP contribution in [-0.4, -0.2) is 30.4 Å². The first kappa shape index (κ1) is 21.3. The molecule has 4 rings (SSSR count). The molecule has 1 unspecified atom stereocenters. The standard InChI is InChI=1S/C26H24N2O4/c29-23(32-24(20-9-5-2-6-10-20)26(31)28-22-15-16-22)17-27-25(30)21-13-11-19(12-14-21)18-7-3-1-4-8-18/h1-14,22,24H,15-17H2,(H,27,30)(H,28,31). The molecule has 3 aromatic rings. The third-order valence-corrected chi connectivity index (χ3v) is 5.16. The van der Waals surface area contributed by atoms with Crippen molar-refractivity contribution in [3.8, 4) is 11.1 Å². The van der Waals surface area contributed by atoms with E-state index < -0.39 is 12.1 Å². The fourth-order valence-corrected chi connectivity index (χ4v) is 3.28. The van der Waals surface area contributed by atoms with Gasteiger partial charge in [0.25, 0.3) is 11.8 Å². The summed E-state index contributed by atoms with van der Waals surface area (Å²) >= 11 is 0. The summed E-state index contributed by atoms with van der Waals surface area (Å²) in [6.45, 7) is -0.334. The third-order valence-electron chi connectivity index (χ3n) is 5.16. The maximum absolute atomic E-state index is 12.6. The van der Waals surface area contributed by atoms with Crippen molar-refractivity contribution in [2.45, 2.75) is 25.0 Å². The van der Waals surface area contributed by atoms with Crippen LogP contribution in [0.4, 0.5) is 0 Å². The highest BCUT2D eigenvalue weighted by Gasteiger charge is 2.30. The lowest BCUT2D eigenvalue weighted by atomic mass is 10.0. The molecule has 1 saturated carbocycles. The summed E-state index contributed by atoms with van der Waals surface area (Å²) < 4.78 is 5.42. The Morgan fingerprint density at radius 1 is 0.812 bits per heavy atom. The third kappa shape index (κ3) is 5.60. The van der Waals surface area contributed by atoms with E-state index in [1.165, 1.54) is 0 Å². The van der Waals surface area contributed by atoms with E-state index in [1.54, 1.807) is 36.4 Å². The minimum atomic E-state index is -1.05. The maximum Gasteiger partial charge on any atom is 0.326 e. The number of nitrogens with one attached hydrogen (secondary N) is 2. The van der Waals surface area contributed by atoms with E-state index in [4.69, 9.17) is 4.74 Å². The largest absolute Gasteiger partial charge is 0.446 e. The number of ether oxygens (including phenoxy) is 1. The van der Waals surface area contributed by atoms with E-state index in [-0.39, 0.29) is 24.4 Å². The Morgan fingerprint density at radius 3 is 2.03 bits per heavy atom. The highest BCUT2D eigenvalue weighted by Crippen LogP contribution is 2.23. The molecule has 1 aliphatic carbocycles. The molecule has 0 aromatic heterocycles. The first-order valence-electron chi connectivity index (χ1n) is 10.6. The van der Waals surface area contributed by atoms with Crippen LogP contribution in [0.15, 0.2) is 84.9 Å². The molecule has 0 bridgehead atoms. The van der Waals surface area contributed by atoms with E-state index in [9.17, 15) is 14.4 Å². The van der Waals surface area contributed by atoms with Crippen LogP contribution in [0.5, 0.6) is 0 Å². The molecule has 2 amide bonds. The zero-order valence-electron chi connectivity index (χ0n) is 17.5. The Hall–Kier alpha value is -3.93. The number of carbonyl (C=O) groups excluding carboxylic acids is 3. The second-order valence-corrected chi connectivity index (χ2v) is 7.69. The van der Waals surface area contributed by atoms with Crippen LogP contribution in [0.25, 0.3) is 11.1 Å². The molecule has 3 aromatic carbocycles. The van der Waals surface area contributed by atoms with Crippen molar-refractivity contribution in [2.75, 3.05) is 6.54 Å². The zero-order chi connectivity index (χ0) is 22.3. The molecule has 1 fully saturated rings. The molecule has 0 saturated heterocycles. The van der Waals surface area contributed by atoms with Crippen molar-refractivity contribution in [1.82, 2.24) is 10.6 Å². The summed E-state index contributed by atoms with van der Waals surface area (Å²) in [5, 5.41) is 5.43. The molecule has 1 atom stereocenters. The minimum Gasteiger partial charge on any atom is -0.446 e. The molecular formula is C26H24N2O4. The molecule has 1 aliphatic rings. The minimum absolute atomic E-state index is 0.144. The average Bonchev–Trinajstić information content (AvgIpc) is 3.66. The van der Waals surface area contributed by atoms with Gasteiger partial charge in [-0.2, -0.15) is 0 Å². The molecule has 6 nitrogen and oxygen atoms in total. The van der Waals surface area contributed by atoms with Crippen molar-refractivity contribution in [2.24, 2.45) is 0 Å². The van der Waals surface area contributed by atoms with Gasteiger partial charge in [0.1, 0.15) is 6.54 Å². The fraction of sp³-hybridized carbons (Fsp3) is 0.192. The van der Waals surface area contributed by atoms with Gasteiger partial charge in [0.05, 0.1) is 0 Å². The Bertz CT molecular complexity index is 1080. The van der Waals surface area contributed by atoms with Crippen LogP contribution in [0.1, 0.15) is 34.9 Å². The smallest absolute Gasteiger partial charge is 0.326 e. The van der Waals surface area contributed by atoms with Gasteiger partial charge in [0.2, 0.25) is 6.10 Å². The first-order valence-corrected chi connectivity index (χ1v) is 10.6. The summed E-state index contributed by atoms with van der Waals surface area (Å²) in [4.78, 5) is 37.4. The van der Waals surface area contributed by atoms with E-state index in [0.29, 0.717) is 11.1 Å². The first-order chi connectivity index (χ1) is 15.6. The van der Waals surface area contributed by atoms with Gasteiger partial charge in [-0.25, -0.2) is 0 Å². The van der Waals surface area contributed by atoms with E-state index in [0.717, 1.165) is 24.0 Å². The summed E-state index contributed by atoms with van der Waals surface area (Å²) in [6, 6.07) is 26.0. The lowest BCUT2D eigenvalue weighted by Gasteiger charge is -2.18. The zero-order valence-corrected chi connectivity index (χ0v) is 17.5. The van der Waals surface area contributed by atoms with Crippen LogP contribution >= 0.6 is 0 Å². The van der Waals surface area contributed by atoms with Crippen LogP contribution in [0.2, 0.25) is 0 Å². The van der Waals surface area contributed by atoms with Gasteiger partial charge in [-0.3, -0.25) is 14.4 Å². The SMILES string of the molecule is O=C(CNC(=O)c1ccc(-c2ccccc2)cc1)OC(C(=O)NC1CC1)c1ccccc1. The molecule has 32 heavy (non-hydrogen) atoms. The predicted molar refractivity (Wildman–Crippen MR) is 121 cm³/mol. The maximum atomic E-state index is 12.6. The van der Waals surface area contributed by atoms with Gasteiger partial charge in [-0.15, -0.1) is 0 Å². The van der Waals surface area contributed by atoms with Crippen molar-refractivity contribution in [1.29, 1.82) is 0 Å². The number of esters is 1. The molecule has 0 radical (unpaired) electrons. The van der Waals surface area contributed by atoms with E-state index in [2.05, 4.69) is 10.6 Å². The second kappa shape index (κ2) is 9.92. The number of benzene rings is 3. The molecule has 0 heterocycles. The van der Waals surface area contributed by atoms with Crippen molar-refractivity contribution in [3.63, 3.8) is 0 Å². The fourth-order valence-electron chi connectivity index (χ4n) is 3.28. The molecule has 162 valence electrons. The number of amides is 2. The summed E-state index contributed by atoms with van der Waals surface area (Å²) in [5.74, 6) is -1.42. The molecule has 0 spiro atoms. The Balaban J connectivity index is 1.34. The molecule has 2 N–H and O–H groups in total. The van der Waals surface area contributed by atoms with E-state index in [1.807, 2.05) is 48.5 Å². The Labute approximate surface area is 186 Å². The van der Waals surface area contributed by atoms with Crippen LogP contribution in [0.3, 0.4) is 0 Å². The lowest BCUT2D eigenvalue weighted by molar-refractivity contribution is -0.155. The summed E-state index contributed by atoms with van der Waals surface area (Å²) in [6.07, 6.45) is 0.812. The monoisotopic (exact) mass is 428 g/mol. The van der Waals surface area contributed by atoms with Gasteiger partial charge >= 0.3 is 5.97 Å². The van der Waals surface area contributed by atoms with Crippen molar-refractivity contribution < 1.29 is 19.1 Å². The molecular weight excluding hydrogens is 404 g/mol. The quantitative estimate of drug-likeness (QED) is 0.537. The average molecular weight is 428 g/mol. The lowest BCUT2D eigenvalue weighted by Crippen LogP contribution is -2.36. The van der Waals surface area contributed by atoms with Gasteiger partial charge in [-0.05, 0) is 36.1 Å². The van der Waals surface area contributed by atoms with Crippen LogP contribution < -0.4 is 10.6 Å². The van der Waals surface area contributed by atoms with Crippen LogP contribution in [-0.2, 0) is 14.3 Å². The number of hydrogen-bond donors (Lipinski definition) is 2. The highest BCUT2D eigenvalue weighted by molar-refractivity contribution is 5.96. The normalized spacial score (nSPS) is 13.6. The van der Waals surface area contributed by atoms with Crippen molar-refractivity contribution >= 4 is 17.8 Å². The highest BCUT2D eigenvalue weighted by atomic mass is 16.5. The number of hydrogen-bond acceptors (Lipinski definition) is 4. The number of carbonyl (C=O) groups is 3. The molecule has 0 aliphatic heterocycles. The summed E-state index contributed by atoms with van der Waals surface area (Å²) in [7, 11) is 0. The van der Waals surface area contributed by atoms with Gasteiger partial charge in [0.15, 0.2) is 0 Å². The van der Waals surface area contributed by atoms with Crippen molar-refractivity contribution in [3.05, 3.63) is 96.1 Å². The van der Waals surface area contributed by atoms with Crippen LogP contribution in [0, 0.1) is 0 Å². The summed E-state index contributed by atoms with van der Waals surface area (Å²) in [5.41, 5.74) is 3.07. The number of rotatable bonds is 8. The molecule has 6 heteroatoms. The van der Waals surface area contributed by atoms with Gasteiger partial charge in [0, 0.05) is 17.2 Å². The van der Waals surface area contributed by atoms with E-state index >= 15 is 0 Å². The van der Waals surface area contributed by atoms with Gasteiger partial charge < -0.3 is 15.4 Å². The topological polar surface area (TPSA) is 84.5 Å². The predicted octanol–water partition coefficient (Wildman–Crippen LogP) is 3.65. The second-order valence-electron chi connectivity index (χ2n) is 7.69.